The third kappa shape index (κ3) is 6.27. The SMILES string of the molecule is Clc1cc(Cl)c(Cl)c(Cl)c1Cl.O=S(=O)(F)F. The molecular formula is C6HCl5F2O2S. The fourth-order valence-electron chi connectivity index (χ4n) is 0.544. The molecule has 0 heterocycles. The van der Waals surface area contributed by atoms with E-state index < -0.39 is 10.6 Å². The minimum Gasteiger partial charge on any atom is -0.160 e. The molecule has 10 heteroatoms. The zero-order valence-electron chi connectivity index (χ0n) is 6.95. The molecule has 0 amide bonds. The smallest absolute Gasteiger partial charge is 0.160 e. The molecule has 0 saturated carbocycles. The van der Waals surface area contributed by atoms with E-state index >= 15 is 0 Å². The average molecular weight is 352 g/mol. The molecule has 0 atom stereocenters. The second-order valence-corrected chi connectivity index (χ2v) is 4.87. The van der Waals surface area contributed by atoms with Crippen molar-refractivity contribution in [2.75, 3.05) is 0 Å². The molecule has 0 bridgehead atoms. The molecule has 0 spiro atoms. The Bertz CT molecular complexity index is 456. The van der Waals surface area contributed by atoms with Crippen LogP contribution in [0.3, 0.4) is 0 Å². The molecular weight excluding hydrogens is 351 g/mol. The molecule has 1 aromatic rings. The summed E-state index contributed by atoms with van der Waals surface area (Å²) in [6, 6.07) is 1.44. The van der Waals surface area contributed by atoms with Gasteiger partial charge in [-0.05, 0) is 6.07 Å². The molecule has 1 rings (SSSR count). The van der Waals surface area contributed by atoms with E-state index in [1.165, 1.54) is 6.07 Å². The number of halogens is 7. The molecule has 0 aliphatic rings. The van der Waals surface area contributed by atoms with Crippen LogP contribution >= 0.6 is 58.0 Å². The van der Waals surface area contributed by atoms with E-state index in [0.717, 1.165) is 0 Å². The lowest BCUT2D eigenvalue weighted by Crippen LogP contribution is -1.75. The summed E-state index contributed by atoms with van der Waals surface area (Å²) in [6.45, 7) is 0. The molecule has 1 aromatic carbocycles. The van der Waals surface area contributed by atoms with E-state index in [1.807, 2.05) is 0 Å². The van der Waals surface area contributed by atoms with E-state index in [2.05, 4.69) is 0 Å². The maximum absolute atomic E-state index is 9.99. The van der Waals surface area contributed by atoms with Crippen LogP contribution < -0.4 is 0 Å². The first kappa shape index (κ1) is 16.5. The summed E-state index contributed by atoms with van der Waals surface area (Å²) in [6.07, 6.45) is 0. The van der Waals surface area contributed by atoms with Gasteiger partial charge in [0.2, 0.25) is 0 Å². The van der Waals surface area contributed by atoms with Crippen LogP contribution in [-0.4, -0.2) is 8.42 Å². The van der Waals surface area contributed by atoms with Crippen molar-refractivity contribution < 1.29 is 16.2 Å². The molecule has 16 heavy (non-hydrogen) atoms. The highest BCUT2D eigenvalue weighted by Crippen LogP contribution is 2.40. The standard InChI is InChI=1S/C6HCl5.F2O2S/c7-2-1-3(8)5(10)6(11)4(2)9;1-5(2,3)4/h1H;. The third-order valence-corrected chi connectivity index (χ3v) is 3.20. The van der Waals surface area contributed by atoms with Gasteiger partial charge in [-0.1, -0.05) is 65.8 Å². The van der Waals surface area contributed by atoms with Crippen molar-refractivity contribution in [2.45, 2.75) is 0 Å². The van der Waals surface area contributed by atoms with Gasteiger partial charge in [-0.3, -0.25) is 0 Å². The summed E-state index contributed by atoms with van der Waals surface area (Å²) in [4.78, 5) is 0. The number of hydrogen-bond donors (Lipinski definition) is 0. The summed E-state index contributed by atoms with van der Waals surface area (Å²) in [5.41, 5.74) is 0. The topological polar surface area (TPSA) is 34.1 Å². The van der Waals surface area contributed by atoms with E-state index in [9.17, 15) is 7.77 Å². The Balaban J connectivity index is 0.000000385. The summed E-state index contributed by atoms with van der Waals surface area (Å²) in [5.74, 6) is 0. The molecule has 0 N–H and O–H groups in total. The Hall–Kier alpha value is 0.480. The van der Waals surface area contributed by atoms with Crippen LogP contribution in [0.25, 0.3) is 0 Å². The second-order valence-electron chi connectivity index (χ2n) is 2.16. The highest BCUT2D eigenvalue weighted by molar-refractivity contribution is 7.81. The van der Waals surface area contributed by atoms with Crippen molar-refractivity contribution in [3.63, 3.8) is 0 Å². The Kier molecular flexibility index (Phi) is 6.62. The van der Waals surface area contributed by atoms with Crippen LogP contribution in [0, 0.1) is 0 Å². The van der Waals surface area contributed by atoms with Crippen LogP contribution in [0.2, 0.25) is 25.1 Å². The molecule has 0 aromatic heterocycles. The minimum atomic E-state index is -5.67. The van der Waals surface area contributed by atoms with Crippen LogP contribution in [0.1, 0.15) is 0 Å². The van der Waals surface area contributed by atoms with Gasteiger partial charge in [0.05, 0.1) is 25.1 Å². The van der Waals surface area contributed by atoms with Gasteiger partial charge < -0.3 is 0 Å². The zero-order chi connectivity index (χ0) is 13.1. The van der Waals surface area contributed by atoms with Gasteiger partial charge in [0.25, 0.3) is 0 Å². The Morgan fingerprint density at radius 1 is 0.812 bits per heavy atom. The molecule has 0 unspecified atom stereocenters. The first-order valence-corrected chi connectivity index (χ1v) is 6.34. The molecule has 2 nitrogen and oxygen atoms in total. The molecule has 0 saturated heterocycles. The predicted molar refractivity (Wildman–Crippen MR) is 62.6 cm³/mol. The Morgan fingerprint density at radius 3 is 1.31 bits per heavy atom. The van der Waals surface area contributed by atoms with Crippen molar-refractivity contribution >= 4 is 68.6 Å². The van der Waals surface area contributed by atoms with E-state index in [-0.39, 0.29) is 15.1 Å². The van der Waals surface area contributed by atoms with E-state index in [0.29, 0.717) is 10.0 Å². The van der Waals surface area contributed by atoms with Gasteiger partial charge >= 0.3 is 10.6 Å². The van der Waals surface area contributed by atoms with Crippen molar-refractivity contribution in [3.05, 3.63) is 31.2 Å². The van der Waals surface area contributed by atoms with Crippen LogP contribution in [0.5, 0.6) is 0 Å². The highest BCUT2D eigenvalue weighted by Gasteiger charge is 2.10. The molecule has 0 aliphatic heterocycles. The lowest BCUT2D eigenvalue weighted by Gasteiger charge is -2.02. The van der Waals surface area contributed by atoms with Gasteiger partial charge in [0.15, 0.2) is 0 Å². The summed E-state index contributed by atoms with van der Waals surface area (Å²) >= 11 is 28.2. The van der Waals surface area contributed by atoms with Gasteiger partial charge in [-0.25, -0.2) is 0 Å². The van der Waals surface area contributed by atoms with Gasteiger partial charge in [-0.15, -0.1) is 0 Å². The normalized spacial score (nSPS) is 10.7. The minimum absolute atomic E-state index is 0.186. The van der Waals surface area contributed by atoms with Gasteiger partial charge in [0, 0.05) is 0 Å². The zero-order valence-corrected chi connectivity index (χ0v) is 11.5. The first-order valence-electron chi connectivity index (χ1n) is 3.16. The molecule has 92 valence electrons. The maximum Gasteiger partial charge on any atom is 0.476 e. The quantitative estimate of drug-likeness (QED) is 0.369. The summed E-state index contributed by atoms with van der Waals surface area (Å²) in [7, 11) is -5.67. The monoisotopic (exact) mass is 350 g/mol. The number of hydrogen-bond acceptors (Lipinski definition) is 2. The lowest BCUT2D eigenvalue weighted by atomic mass is 10.3. The van der Waals surface area contributed by atoms with Crippen molar-refractivity contribution in [1.29, 1.82) is 0 Å². The number of rotatable bonds is 0. The van der Waals surface area contributed by atoms with Gasteiger partial charge in [-0.2, -0.15) is 8.42 Å². The summed E-state index contributed by atoms with van der Waals surface area (Å²) < 4.78 is 36.6. The fraction of sp³-hybridized carbons (Fsp3) is 0. The first-order chi connectivity index (χ1) is 7.04. The van der Waals surface area contributed by atoms with E-state index in [1.54, 1.807) is 0 Å². The largest absolute Gasteiger partial charge is 0.476 e. The van der Waals surface area contributed by atoms with Crippen molar-refractivity contribution in [3.8, 4) is 0 Å². The van der Waals surface area contributed by atoms with E-state index in [4.69, 9.17) is 66.4 Å². The molecule has 0 aliphatic carbocycles. The Labute approximate surface area is 116 Å². The van der Waals surface area contributed by atoms with Gasteiger partial charge in [0.1, 0.15) is 0 Å². The van der Waals surface area contributed by atoms with Crippen LogP contribution in [-0.2, 0) is 10.6 Å². The molecule has 0 radical (unpaired) electrons. The van der Waals surface area contributed by atoms with Crippen molar-refractivity contribution in [2.24, 2.45) is 0 Å². The maximum atomic E-state index is 9.99. The summed E-state index contributed by atoms with van der Waals surface area (Å²) in [5, 5.41) is 1.23. The predicted octanol–water partition coefficient (Wildman–Crippen LogP) is 5.12. The third-order valence-electron chi connectivity index (χ3n) is 1.06. The lowest BCUT2D eigenvalue weighted by molar-refractivity contribution is 0.501. The highest BCUT2D eigenvalue weighted by atomic mass is 35.5. The fourth-order valence-corrected chi connectivity index (χ4v) is 1.65. The average Bonchev–Trinajstić information content (AvgIpc) is 2.09. The van der Waals surface area contributed by atoms with Crippen LogP contribution in [0.15, 0.2) is 6.07 Å². The van der Waals surface area contributed by atoms with Crippen molar-refractivity contribution in [1.82, 2.24) is 0 Å². The second kappa shape index (κ2) is 6.42. The molecule has 0 fully saturated rings. The Morgan fingerprint density at radius 2 is 1.06 bits per heavy atom. The number of benzene rings is 1. The van der Waals surface area contributed by atoms with Crippen LogP contribution in [0.4, 0.5) is 7.77 Å².